The smallest absolute Gasteiger partial charge is 0.407 e. The number of pyridine rings is 1. The quantitative estimate of drug-likeness (QED) is 0.168. The van der Waals surface area contributed by atoms with Crippen LogP contribution in [0.1, 0.15) is 40.4 Å². The maximum absolute atomic E-state index is 13.0. The molecule has 2 aromatic heterocycles. The van der Waals surface area contributed by atoms with E-state index in [2.05, 4.69) is 10.6 Å². The molecule has 11 nitrogen and oxygen atoms in total. The van der Waals surface area contributed by atoms with Crippen molar-refractivity contribution in [1.29, 1.82) is 0 Å². The molecule has 0 radical (unpaired) electrons. The fraction of sp³-hybridized carbons (Fsp3) is 0.257. The highest BCUT2D eigenvalue weighted by Crippen LogP contribution is 2.38. The first-order valence-electron chi connectivity index (χ1n) is 15.1. The van der Waals surface area contributed by atoms with E-state index in [9.17, 15) is 14.7 Å². The molecule has 46 heavy (non-hydrogen) atoms. The molecular formula is C35H36N6O5. The van der Waals surface area contributed by atoms with Gasteiger partial charge in [-0.25, -0.2) is 9.78 Å². The second-order valence-corrected chi connectivity index (χ2v) is 11.3. The predicted molar refractivity (Wildman–Crippen MR) is 177 cm³/mol. The Kier molecular flexibility index (Phi) is 8.73. The van der Waals surface area contributed by atoms with Gasteiger partial charge in [-0.3, -0.25) is 9.48 Å². The average molecular weight is 621 g/mol. The zero-order chi connectivity index (χ0) is 32.2. The third-order valence-electron chi connectivity index (χ3n) is 8.31. The lowest BCUT2D eigenvalue weighted by Gasteiger charge is -2.31. The Morgan fingerprint density at radius 2 is 1.80 bits per heavy atom. The summed E-state index contributed by atoms with van der Waals surface area (Å²) in [5.41, 5.74) is 5.46. The van der Waals surface area contributed by atoms with Crippen LogP contribution in [0.4, 0.5) is 16.3 Å². The Balaban J connectivity index is 1.40. The number of aryl methyl sites for hydroxylation is 1. The van der Waals surface area contributed by atoms with E-state index >= 15 is 0 Å². The summed E-state index contributed by atoms with van der Waals surface area (Å²) in [5.74, 6) is 1.81. The molecule has 0 saturated carbocycles. The molecule has 6 rings (SSSR count). The monoisotopic (exact) mass is 620 g/mol. The Morgan fingerprint density at radius 1 is 1.02 bits per heavy atom. The highest BCUT2D eigenvalue weighted by molar-refractivity contribution is 6.05. The summed E-state index contributed by atoms with van der Waals surface area (Å²) in [7, 11) is 3.24. The van der Waals surface area contributed by atoms with E-state index < -0.39 is 6.09 Å². The van der Waals surface area contributed by atoms with Crippen molar-refractivity contribution in [2.45, 2.75) is 32.4 Å². The predicted octanol–water partition coefficient (Wildman–Crippen LogP) is 6.60. The van der Waals surface area contributed by atoms with Crippen LogP contribution in [0.2, 0.25) is 0 Å². The first-order valence-corrected chi connectivity index (χ1v) is 15.1. The van der Waals surface area contributed by atoms with Crippen molar-refractivity contribution in [3.8, 4) is 22.8 Å². The zero-order valence-electron chi connectivity index (χ0n) is 26.0. The van der Waals surface area contributed by atoms with Gasteiger partial charge >= 0.3 is 6.09 Å². The van der Waals surface area contributed by atoms with Crippen molar-refractivity contribution >= 4 is 34.4 Å². The third-order valence-corrected chi connectivity index (χ3v) is 8.31. The first-order chi connectivity index (χ1) is 22.4. The van der Waals surface area contributed by atoms with Crippen molar-refractivity contribution in [2.24, 2.45) is 0 Å². The van der Waals surface area contributed by atoms with Gasteiger partial charge in [0.05, 0.1) is 31.2 Å². The third kappa shape index (κ3) is 6.16. The number of ether oxygens (including phenoxy) is 2. The molecule has 1 fully saturated rings. The van der Waals surface area contributed by atoms with E-state index in [0.717, 1.165) is 46.1 Å². The van der Waals surface area contributed by atoms with Gasteiger partial charge in [-0.15, -0.1) is 0 Å². The lowest BCUT2D eigenvalue weighted by Crippen LogP contribution is -2.40. The molecule has 11 heteroatoms. The van der Waals surface area contributed by atoms with Gasteiger partial charge in [0.15, 0.2) is 0 Å². The van der Waals surface area contributed by atoms with E-state index in [1.165, 1.54) is 4.90 Å². The Morgan fingerprint density at radius 3 is 2.52 bits per heavy atom. The van der Waals surface area contributed by atoms with Gasteiger partial charge in [0, 0.05) is 54.3 Å². The second kappa shape index (κ2) is 13.2. The maximum Gasteiger partial charge on any atom is 0.407 e. The number of nitrogens with one attached hydrogen (secondary N) is 2. The standard InChI is InChI=1S/C35H36N6O5/c1-22-19-36-33(37-20-25-15-16-28(45-2)18-29(25)46-3)30-31(39-41(32(22)30)27-10-7-17-40(21-27)35(43)44)23-11-13-24(14-12-23)34(42)38-26-8-5-4-6-9-26/h4-6,8-9,11-16,18-19,27H,7,10,17,20-21H2,1-3H3,(H,36,37)(H,38,42)(H,43,44)/t27-/m1/s1. The molecule has 1 aliphatic rings. The molecule has 0 unspecified atom stereocenters. The second-order valence-electron chi connectivity index (χ2n) is 11.3. The largest absolute Gasteiger partial charge is 0.497 e. The Hall–Kier alpha value is -5.58. The van der Waals surface area contributed by atoms with Crippen molar-refractivity contribution in [3.05, 3.63) is 95.7 Å². The summed E-state index contributed by atoms with van der Waals surface area (Å²) in [6.45, 7) is 3.26. The number of methoxy groups -OCH3 is 2. The zero-order valence-corrected chi connectivity index (χ0v) is 26.0. The van der Waals surface area contributed by atoms with Gasteiger partial charge in [-0.2, -0.15) is 5.10 Å². The fourth-order valence-corrected chi connectivity index (χ4v) is 5.93. The lowest BCUT2D eigenvalue weighted by atomic mass is 10.0. The van der Waals surface area contributed by atoms with Crippen molar-refractivity contribution in [1.82, 2.24) is 19.7 Å². The van der Waals surface area contributed by atoms with Crippen LogP contribution in [0.5, 0.6) is 11.5 Å². The minimum absolute atomic E-state index is 0.146. The van der Waals surface area contributed by atoms with Crippen LogP contribution in [-0.2, 0) is 6.54 Å². The van der Waals surface area contributed by atoms with Crippen molar-refractivity contribution in [3.63, 3.8) is 0 Å². The molecule has 3 heterocycles. The first kappa shape index (κ1) is 30.4. The van der Waals surface area contributed by atoms with Crippen LogP contribution in [0.3, 0.4) is 0 Å². The number of hydrogen-bond donors (Lipinski definition) is 3. The molecule has 0 bridgehead atoms. The van der Waals surface area contributed by atoms with Crippen LogP contribution < -0.4 is 20.1 Å². The number of likely N-dealkylation sites (tertiary alicyclic amines) is 1. The fourth-order valence-electron chi connectivity index (χ4n) is 5.93. The molecule has 5 aromatic rings. The van der Waals surface area contributed by atoms with Crippen LogP contribution in [-0.4, -0.2) is 64.1 Å². The van der Waals surface area contributed by atoms with Gasteiger partial charge < -0.3 is 30.1 Å². The molecular weight excluding hydrogens is 584 g/mol. The van der Waals surface area contributed by atoms with Crippen molar-refractivity contribution < 1.29 is 24.2 Å². The van der Waals surface area contributed by atoms with Gasteiger partial charge in [-0.1, -0.05) is 30.3 Å². The molecule has 1 saturated heterocycles. The number of fused-ring (bicyclic) bond motifs is 1. The van der Waals surface area contributed by atoms with E-state index in [4.69, 9.17) is 19.6 Å². The highest BCUT2D eigenvalue weighted by atomic mass is 16.5. The molecule has 2 amide bonds. The normalized spacial score (nSPS) is 14.6. The molecule has 3 N–H and O–H groups in total. The van der Waals surface area contributed by atoms with Crippen LogP contribution in [0.15, 0.2) is 79.0 Å². The number of carbonyl (C=O) groups excluding carboxylic acids is 1. The van der Waals surface area contributed by atoms with Gasteiger partial charge in [0.25, 0.3) is 5.91 Å². The summed E-state index contributed by atoms with van der Waals surface area (Å²) in [6.07, 6.45) is 2.42. The number of anilines is 2. The number of rotatable bonds is 9. The molecule has 0 aliphatic carbocycles. The number of aromatic nitrogens is 3. The molecule has 1 atom stereocenters. The minimum atomic E-state index is -0.931. The summed E-state index contributed by atoms with van der Waals surface area (Å²) in [4.78, 5) is 31.1. The van der Waals surface area contributed by atoms with Crippen molar-refractivity contribution in [2.75, 3.05) is 37.9 Å². The van der Waals surface area contributed by atoms with E-state index in [1.807, 2.05) is 78.5 Å². The number of piperidine rings is 1. The Bertz CT molecular complexity index is 1870. The maximum atomic E-state index is 13.0. The summed E-state index contributed by atoms with van der Waals surface area (Å²) >= 11 is 0. The summed E-state index contributed by atoms with van der Waals surface area (Å²) in [6, 6.07) is 22.2. The number of benzene rings is 3. The van der Waals surface area contributed by atoms with Crippen LogP contribution >= 0.6 is 0 Å². The lowest BCUT2D eigenvalue weighted by molar-refractivity contribution is 0.102. The minimum Gasteiger partial charge on any atom is -0.497 e. The molecule has 0 spiro atoms. The topological polar surface area (TPSA) is 131 Å². The van der Waals surface area contributed by atoms with E-state index in [-0.39, 0.29) is 11.9 Å². The van der Waals surface area contributed by atoms with Gasteiger partial charge in [-0.05, 0) is 61.7 Å². The van der Waals surface area contributed by atoms with E-state index in [1.54, 1.807) is 26.4 Å². The SMILES string of the molecule is COc1ccc(CNc2ncc(C)c3c2c(-c2ccc(C(=O)Nc4ccccc4)cc2)nn3[C@@H]2CCCN(C(=O)O)C2)c(OC)c1. The number of carbonyl (C=O) groups is 2. The summed E-state index contributed by atoms with van der Waals surface area (Å²) in [5, 5.41) is 22.1. The van der Waals surface area contributed by atoms with Crippen LogP contribution in [0, 0.1) is 6.92 Å². The number of carboxylic acid groups (broad SMARTS) is 1. The molecule has 1 aliphatic heterocycles. The summed E-state index contributed by atoms with van der Waals surface area (Å²) < 4.78 is 12.9. The number of hydrogen-bond acceptors (Lipinski definition) is 7. The van der Waals surface area contributed by atoms with E-state index in [0.29, 0.717) is 48.2 Å². The molecule has 3 aromatic carbocycles. The Labute approximate surface area is 266 Å². The number of amides is 2. The molecule has 236 valence electrons. The van der Waals surface area contributed by atoms with Gasteiger partial charge in [0.1, 0.15) is 23.0 Å². The average Bonchev–Trinajstić information content (AvgIpc) is 3.50. The number of para-hydroxylation sites is 1. The van der Waals surface area contributed by atoms with Crippen LogP contribution in [0.25, 0.3) is 22.2 Å². The van der Waals surface area contributed by atoms with Gasteiger partial charge in [0.2, 0.25) is 0 Å². The highest BCUT2D eigenvalue weighted by Gasteiger charge is 2.29. The number of nitrogens with zero attached hydrogens (tertiary/aromatic N) is 4.